The van der Waals surface area contributed by atoms with Crippen LogP contribution < -0.4 is 10.5 Å². The van der Waals surface area contributed by atoms with Crippen molar-refractivity contribution in [2.45, 2.75) is 26.2 Å². The molecule has 0 bridgehead atoms. The summed E-state index contributed by atoms with van der Waals surface area (Å²) in [5, 5.41) is 0. The van der Waals surface area contributed by atoms with E-state index < -0.39 is 0 Å². The van der Waals surface area contributed by atoms with E-state index in [0.29, 0.717) is 6.54 Å². The molecule has 1 aromatic rings. The van der Waals surface area contributed by atoms with E-state index in [1.54, 1.807) is 0 Å². The Kier molecular flexibility index (Phi) is 6.13. The van der Waals surface area contributed by atoms with Gasteiger partial charge in [-0.1, -0.05) is 18.8 Å². The van der Waals surface area contributed by atoms with Gasteiger partial charge in [-0.3, -0.25) is 0 Å². The topological polar surface area (TPSA) is 35.2 Å². The molecule has 0 aromatic heterocycles. The van der Waals surface area contributed by atoms with Crippen molar-refractivity contribution in [2.24, 2.45) is 5.73 Å². The van der Waals surface area contributed by atoms with Gasteiger partial charge in [0.1, 0.15) is 5.75 Å². The van der Waals surface area contributed by atoms with Crippen molar-refractivity contribution in [1.29, 1.82) is 0 Å². The maximum absolute atomic E-state index is 5.49. The van der Waals surface area contributed by atoms with E-state index in [0.717, 1.165) is 37.2 Å². The molecular formula is C14H19NO. The van der Waals surface area contributed by atoms with Crippen LogP contribution in [0.3, 0.4) is 0 Å². The number of unbranched alkanes of at least 4 members (excludes halogenated alkanes) is 1. The Balaban J connectivity index is 2.46. The van der Waals surface area contributed by atoms with Crippen LogP contribution in [-0.4, -0.2) is 13.2 Å². The minimum absolute atomic E-state index is 0.707. The molecule has 0 atom stereocenters. The molecule has 86 valence electrons. The van der Waals surface area contributed by atoms with E-state index in [2.05, 4.69) is 18.8 Å². The van der Waals surface area contributed by atoms with Gasteiger partial charge in [0.2, 0.25) is 0 Å². The third kappa shape index (κ3) is 4.86. The maximum Gasteiger partial charge on any atom is 0.119 e. The monoisotopic (exact) mass is 217 g/mol. The molecule has 0 fully saturated rings. The lowest BCUT2D eigenvalue weighted by Crippen LogP contribution is -1.96. The first-order valence-electron chi connectivity index (χ1n) is 5.78. The summed E-state index contributed by atoms with van der Waals surface area (Å²) < 4.78 is 5.49. The van der Waals surface area contributed by atoms with Crippen molar-refractivity contribution in [3.8, 4) is 17.6 Å². The molecule has 2 N–H and O–H groups in total. The van der Waals surface area contributed by atoms with Gasteiger partial charge in [0.25, 0.3) is 0 Å². The van der Waals surface area contributed by atoms with Crippen LogP contribution in [0.5, 0.6) is 5.75 Å². The third-order valence-corrected chi connectivity index (χ3v) is 2.07. The summed E-state index contributed by atoms with van der Waals surface area (Å²) >= 11 is 0. The Morgan fingerprint density at radius 1 is 1.25 bits per heavy atom. The van der Waals surface area contributed by atoms with Gasteiger partial charge in [0.15, 0.2) is 0 Å². The molecule has 16 heavy (non-hydrogen) atoms. The molecule has 0 radical (unpaired) electrons. The number of hydrogen-bond donors (Lipinski definition) is 1. The number of rotatable bonds is 5. The van der Waals surface area contributed by atoms with Gasteiger partial charge in [-0.2, -0.15) is 0 Å². The molecule has 2 nitrogen and oxygen atoms in total. The quantitative estimate of drug-likeness (QED) is 0.607. The van der Waals surface area contributed by atoms with E-state index in [1.165, 1.54) is 0 Å². The Labute approximate surface area is 97.8 Å². The fourth-order valence-electron chi connectivity index (χ4n) is 1.21. The molecule has 0 saturated heterocycles. The molecular weight excluding hydrogens is 198 g/mol. The summed E-state index contributed by atoms with van der Waals surface area (Å²) in [6.07, 6.45) is 2.86. The molecule has 0 amide bonds. The van der Waals surface area contributed by atoms with E-state index in [-0.39, 0.29) is 0 Å². The Hall–Kier alpha value is -1.46. The normalized spacial score (nSPS) is 9.38. The number of hydrogen-bond acceptors (Lipinski definition) is 2. The molecule has 0 heterocycles. The van der Waals surface area contributed by atoms with E-state index in [4.69, 9.17) is 10.5 Å². The zero-order valence-corrected chi connectivity index (χ0v) is 9.83. The smallest absolute Gasteiger partial charge is 0.119 e. The summed E-state index contributed by atoms with van der Waals surface area (Å²) in [5.74, 6) is 7.11. The largest absolute Gasteiger partial charge is 0.494 e. The van der Waals surface area contributed by atoms with Crippen molar-refractivity contribution in [1.82, 2.24) is 0 Å². The van der Waals surface area contributed by atoms with Gasteiger partial charge in [0, 0.05) is 12.0 Å². The number of ether oxygens (including phenoxy) is 1. The van der Waals surface area contributed by atoms with Gasteiger partial charge in [-0.25, -0.2) is 0 Å². The lowest BCUT2D eigenvalue weighted by molar-refractivity contribution is 0.317. The van der Waals surface area contributed by atoms with E-state index >= 15 is 0 Å². The third-order valence-electron chi connectivity index (χ3n) is 2.07. The second-order valence-electron chi connectivity index (χ2n) is 3.57. The predicted octanol–water partition coefficient (Wildman–Crippen LogP) is 2.57. The molecule has 1 rings (SSSR count). The SMILES string of the molecule is CCCOc1ccc(C#CCCCN)cc1. The molecule has 0 spiro atoms. The van der Waals surface area contributed by atoms with Crippen molar-refractivity contribution >= 4 is 0 Å². The van der Waals surface area contributed by atoms with Crippen molar-refractivity contribution in [3.05, 3.63) is 29.8 Å². The highest BCUT2D eigenvalue weighted by Crippen LogP contribution is 2.11. The zero-order valence-electron chi connectivity index (χ0n) is 9.83. The van der Waals surface area contributed by atoms with Gasteiger partial charge in [0.05, 0.1) is 6.61 Å². The maximum atomic E-state index is 5.49. The van der Waals surface area contributed by atoms with E-state index in [1.807, 2.05) is 24.3 Å². The molecule has 2 heteroatoms. The predicted molar refractivity (Wildman–Crippen MR) is 67.4 cm³/mol. The number of benzene rings is 1. The van der Waals surface area contributed by atoms with Crippen molar-refractivity contribution in [3.63, 3.8) is 0 Å². The van der Waals surface area contributed by atoms with Crippen LogP contribution >= 0.6 is 0 Å². The van der Waals surface area contributed by atoms with Gasteiger partial charge >= 0.3 is 0 Å². The molecule has 1 aromatic carbocycles. The lowest BCUT2D eigenvalue weighted by Gasteiger charge is -2.03. The Morgan fingerprint density at radius 2 is 2.00 bits per heavy atom. The van der Waals surface area contributed by atoms with Crippen LogP contribution in [0.2, 0.25) is 0 Å². The first-order chi connectivity index (χ1) is 7.86. The van der Waals surface area contributed by atoms with Crippen LogP contribution in [0.4, 0.5) is 0 Å². The first-order valence-corrected chi connectivity index (χ1v) is 5.78. The van der Waals surface area contributed by atoms with Crippen molar-refractivity contribution < 1.29 is 4.74 Å². The highest BCUT2D eigenvalue weighted by atomic mass is 16.5. The standard InChI is InChI=1S/C14H19NO/c1-2-12-16-14-9-7-13(8-10-14)6-4-3-5-11-15/h7-10H,2-3,5,11-12,15H2,1H3. The second kappa shape index (κ2) is 7.78. The average Bonchev–Trinajstić information content (AvgIpc) is 2.33. The summed E-state index contributed by atoms with van der Waals surface area (Å²) in [6.45, 7) is 3.57. The second-order valence-corrected chi connectivity index (χ2v) is 3.57. The van der Waals surface area contributed by atoms with Crippen LogP contribution in [0.25, 0.3) is 0 Å². The average molecular weight is 217 g/mol. The highest BCUT2D eigenvalue weighted by molar-refractivity contribution is 5.38. The van der Waals surface area contributed by atoms with Crippen LogP contribution in [0.15, 0.2) is 24.3 Å². The Bertz CT molecular complexity index is 345. The lowest BCUT2D eigenvalue weighted by atomic mass is 10.2. The number of nitrogens with two attached hydrogens (primary N) is 1. The fraction of sp³-hybridized carbons (Fsp3) is 0.429. The minimum Gasteiger partial charge on any atom is -0.494 e. The van der Waals surface area contributed by atoms with Crippen LogP contribution in [-0.2, 0) is 0 Å². The van der Waals surface area contributed by atoms with Crippen molar-refractivity contribution in [2.75, 3.05) is 13.2 Å². The summed E-state index contributed by atoms with van der Waals surface area (Å²) in [5.41, 5.74) is 6.42. The minimum atomic E-state index is 0.707. The van der Waals surface area contributed by atoms with Gasteiger partial charge in [-0.15, -0.1) is 0 Å². The zero-order chi connectivity index (χ0) is 11.6. The van der Waals surface area contributed by atoms with Crippen LogP contribution in [0.1, 0.15) is 31.7 Å². The summed E-state index contributed by atoms with van der Waals surface area (Å²) in [4.78, 5) is 0. The van der Waals surface area contributed by atoms with Gasteiger partial charge < -0.3 is 10.5 Å². The summed E-state index contributed by atoms with van der Waals surface area (Å²) in [6, 6.07) is 7.89. The molecule has 0 aliphatic rings. The Morgan fingerprint density at radius 3 is 2.62 bits per heavy atom. The summed E-state index contributed by atoms with van der Waals surface area (Å²) in [7, 11) is 0. The van der Waals surface area contributed by atoms with E-state index in [9.17, 15) is 0 Å². The molecule has 0 unspecified atom stereocenters. The van der Waals surface area contributed by atoms with Gasteiger partial charge in [-0.05, 0) is 43.7 Å². The highest BCUT2D eigenvalue weighted by Gasteiger charge is 1.91. The fourth-order valence-corrected chi connectivity index (χ4v) is 1.21. The molecule has 0 aliphatic carbocycles. The first kappa shape index (κ1) is 12.6. The molecule has 0 aliphatic heterocycles. The van der Waals surface area contributed by atoms with Crippen LogP contribution in [0, 0.1) is 11.8 Å². The molecule has 0 saturated carbocycles.